The molecule has 1 fully saturated rings. The van der Waals surface area contributed by atoms with Crippen molar-refractivity contribution in [1.82, 2.24) is 0 Å². The molecule has 0 radical (unpaired) electrons. The van der Waals surface area contributed by atoms with Crippen LogP contribution in [0.25, 0.3) is 0 Å². The monoisotopic (exact) mass is 247 g/mol. The van der Waals surface area contributed by atoms with Crippen LogP contribution in [0.15, 0.2) is 0 Å². The normalized spacial score (nSPS) is 29.0. The lowest BCUT2D eigenvalue weighted by Gasteiger charge is -2.32. The summed E-state index contributed by atoms with van der Waals surface area (Å²) in [7, 11) is 0. The Labute approximate surface area is 103 Å². The molecule has 0 spiro atoms. The number of thioether (sulfide) groups is 2. The first-order valence-corrected chi connectivity index (χ1v) is 8.34. The molecular formula is C12H25NS2. The summed E-state index contributed by atoms with van der Waals surface area (Å²) in [5, 5.41) is 1.45. The SMILES string of the molecule is CCCCCCC(N)C1SCCSC1C. The second-order valence-corrected chi connectivity index (χ2v) is 7.20. The van der Waals surface area contributed by atoms with E-state index in [1.165, 1.54) is 43.6 Å². The van der Waals surface area contributed by atoms with Crippen molar-refractivity contribution >= 4 is 23.5 Å². The fourth-order valence-corrected chi connectivity index (χ4v) is 5.02. The highest BCUT2D eigenvalue weighted by Gasteiger charge is 2.27. The van der Waals surface area contributed by atoms with Crippen molar-refractivity contribution in [1.29, 1.82) is 0 Å². The summed E-state index contributed by atoms with van der Waals surface area (Å²) in [6, 6.07) is 0.426. The predicted molar refractivity (Wildman–Crippen MR) is 74.9 cm³/mol. The van der Waals surface area contributed by atoms with Gasteiger partial charge in [0.1, 0.15) is 0 Å². The number of unbranched alkanes of at least 4 members (excludes halogenated alkanes) is 3. The Morgan fingerprint density at radius 1 is 1.20 bits per heavy atom. The average Bonchev–Trinajstić information content (AvgIpc) is 2.25. The van der Waals surface area contributed by atoms with Crippen molar-refractivity contribution in [2.45, 2.75) is 62.5 Å². The molecule has 90 valence electrons. The Kier molecular flexibility index (Phi) is 7.19. The molecule has 1 saturated heterocycles. The van der Waals surface area contributed by atoms with E-state index in [0.29, 0.717) is 11.3 Å². The molecule has 0 aromatic carbocycles. The summed E-state index contributed by atoms with van der Waals surface area (Å²) in [5.74, 6) is 2.60. The van der Waals surface area contributed by atoms with Crippen LogP contribution in [0.3, 0.4) is 0 Å². The third-order valence-electron chi connectivity index (χ3n) is 3.05. The summed E-state index contributed by atoms with van der Waals surface area (Å²) in [4.78, 5) is 0. The highest BCUT2D eigenvalue weighted by atomic mass is 32.2. The van der Waals surface area contributed by atoms with Gasteiger partial charge in [0.2, 0.25) is 0 Å². The Morgan fingerprint density at radius 2 is 1.93 bits per heavy atom. The molecule has 0 bridgehead atoms. The Balaban J connectivity index is 2.16. The van der Waals surface area contributed by atoms with Gasteiger partial charge in [-0.15, -0.1) is 0 Å². The lowest BCUT2D eigenvalue weighted by Crippen LogP contribution is -2.40. The maximum absolute atomic E-state index is 6.29. The number of nitrogens with two attached hydrogens (primary N) is 1. The first-order valence-electron chi connectivity index (χ1n) is 6.24. The van der Waals surface area contributed by atoms with Crippen LogP contribution in [0, 0.1) is 0 Å². The van der Waals surface area contributed by atoms with Crippen molar-refractivity contribution in [2.24, 2.45) is 5.73 Å². The van der Waals surface area contributed by atoms with Crippen molar-refractivity contribution in [3.05, 3.63) is 0 Å². The minimum absolute atomic E-state index is 0.426. The van der Waals surface area contributed by atoms with Gasteiger partial charge < -0.3 is 5.73 Å². The summed E-state index contributed by atoms with van der Waals surface area (Å²) in [5.41, 5.74) is 6.29. The third kappa shape index (κ3) is 5.01. The van der Waals surface area contributed by atoms with Gasteiger partial charge in [-0.2, -0.15) is 23.5 Å². The largest absolute Gasteiger partial charge is 0.327 e. The van der Waals surface area contributed by atoms with Gasteiger partial charge in [-0.25, -0.2) is 0 Å². The van der Waals surface area contributed by atoms with Gasteiger partial charge in [0.05, 0.1) is 0 Å². The van der Waals surface area contributed by atoms with Crippen LogP contribution in [0.1, 0.15) is 46.0 Å². The zero-order valence-corrected chi connectivity index (χ0v) is 11.7. The minimum Gasteiger partial charge on any atom is -0.327 e. The summed E-state index contributed by atoms with van der Waals surface area (Å²) >= 11 is 4.19. The number of hydrogen-bond acceptors (Lipinski definition) is 3. The van der Waals surface area contributed by atoms with Gasteiger partial charge in [-0.05, 0) is 6.42 Å². The molecular weight excluding hydrogens is 222 g/mol. The second-order valence-electron chi connectivity index (χ2n) is 4.42. The molecule has 1 aliphatic rings. The number of hydrogen-bond donors (Lipinski definition) is 1. The average molecular weight is 247 g/mol. The first-order chi connectivity index (χ1) is 7.25. The van der Waals surface area contributed by atoms with Gasteiger partial charge in [-0.1, -0.05) is 39.5 Å². The molecule has 0 amide bonds. The highest BCUT2D eigenvalue weighted by molar-refractivity contribution is 8.07. The van der Waals surface area contributed by atoms with E-state index in [4.69, 9.17) is 5.73 Å². The molecule has 0 saturated carbocycles. The van der Waals surface area contributed by atoms with Crippen molar-refractivity contribution in [3.8, 4) is 0 Å². The lowest BCUT2D eigenvalue weighted by atomic mass is 10.0. The molecule has 1 heterocycles. The molecule has 0 aliphatic carbocycles. The zero-order chi connectivity index (χ0) is 11.1. The van der Waals surface area contributed by atoms with Gasteiger partial charge in [0.15, 0.2) is 0 Å². The van der Waals surface area contributed by atoms with Crippen LogP contribution in [-0.4, -0.2) is 28.0 Å². The Bertz CT molecular complexity index is 164. The molecule has 1 nitrogen and oxygen atoms in total. The van der Waals surface area contributed by atoms with E-state index < -0.39 is 0 Å². The number of rotatable bonds is 6. The molecule has 1 rings (SSSR count). The van der Waals surface area contributed by atoms with E-state index in [2.05, 4.69) is 37.4 Å². The molecule has 15 heavy (non-hydrogen) atoms. The maximum Gasteiger partial charge on any atom is 0.0315 e. The van der Waals surface area contributed by atoms with Crippen molar-refractivity contribution in [3.63, 3.8) is 0 Å². The quantitative estimate of drug-likeness (QED) is 0.727. The zero-order valence-electron chi connectivity index (χ0n) is 10.1. The predicted octanol–water partition coefficient (Wildman–Crippen LogP) is 3.52. The van der Waals surface area contributed by atoms with Crippen molar-refractivity contribution < 1.29 is 0 Å². The van der Waals surface area contributed by atoms with Crippen LogP contribution in [0.4, 0.5) is 0 Å². The molecule has 0 aromatic rings. The van der Waals surface area contributed by atoms with Crippen molar-refractivity contribution in [2.75, 3.05) is 11.5 Å². The third-order valence-corrected chi connectivity index (χ3v) is 6.32. The van der Waals surface area contributed by atoms with Crippen LogP contribution in [0.5, 0.6) is 0 Å². The van der Waals surface area contributed by atoms with Crippen LogP contribution >= 0.6 is 23.5 Å². The molecule has 3 unspecified atom stereocenters. The van der Waals surface area contributed by atoms with E-state index in [-0.39, 0.29) is 0 Å². The van der Waals surface area contributed by atoms with Crippen LogP contribution in [-0.2, 0) is 0 Å². The van der Waals surface area contributed by atoms with Gasteiger partial charge in [0, 0.05) is 28.0 Å². The fourth-order valence-electron chi connectivity index (χ4n) is 2.09. The topological polar surface area (TPSA) is 26.0 Å². The van der Waals surface area contributed by atoms with Gasteiger partial charge >= 0.3 is 0 Å². The fraction of sp³-hybridized carbons (Fsp3) is 1.00. The molecule has 1 aliphatic heterocycles. The van der Waals surface area contributed by atoms with Gasteiger partial charge in [0.25, 0.3) is 0 Å². The summed E-state index contributed by atoms with van der Waals surface area (Å²) < 4.78 is 0. The minimum atomic E-state index is 0.426. The van der Waals surface area contributed by atoms with E-state index in [1.54, 1.807) is 0 Å². The molecule has 3 atom stereocenters. The van der Waals surface area contributed by atoms with Crippen LogP contribution in [0.2, 0.25) is 0 Å². The van der Waals surface area contributed by atoms with E-state index in [9.17, 15) is 0 Å². The van der Waals surface area contributed by atoms with E-state index >= 15 is 0 Å². The Hall–Kier alpha value is 0.660. The smallest absolute Gasteiger partial charge is 0.0315 e. The van der Waals surface area contributed by atoms with Gasteiger partial charge in [-0.3, -0.25) is 0 Å². The van der Waals surface area contributed by atoms with E-state index in [0.717, 1.165) is 5.25 Å². The van der Waals surface area contributed by atoms with Crippen LogP contribution < -0.4 is 5.73 Å². The Morgan fingerprint density at radius 3 is 2.60 bits per heavy atom. The summed E-state index contributed by atoms with van der Waals surface area (Å²) in [6.45, 7) is 4.60. The maximum atomic E-state index is 6.29. The first kappa shape index (κ1) is 13.7. The second kappa shape index (κ2) is 7.86. The molecule has 2 N–H and O–H groups in total. The highest BCUT2D eigenvalue weighted by Crippen LogP contribution is 2.33. The lowest BCUT2D eigenvalue weighted by molar-refractivity contribution is 0.529. The standard InChI is InChI=1S/C12H25NS2/c1-3-4-5-6-7-11(13)12-10(2)14-8-9-15-12/h10-12H,3-9,13H2,1-2H3. The summed E-state index contributed by atoms with van der Waals surface area (Å²) in [6.07, 6.45) is 6.60. The molecule has 3 heteroatoms. The van der Waals surface area contributed by atoms with E-state index in [1.807, 2.05) is 0 Å². The molecule has 0 aromatic heterocycles.